The Balaban J connectivity index is 0.000000791. The highest BCUT2D eigenvalue weighted by Crippen LogP contribution is 1.97. The molecular weight excluding hydrogens is 174 g/mol. The monoisotopic (exact) mass is 195 g/mol. The van der Waals surface area contributed by atoms with E-state index in [1.165, 1.54) is 6.42 Å². The van der Waals surface area contributed by atoms with Gasteiger partial charge in [0, 0.05) is 12.8 Å². The van der Waals surface area contributed by atoms with Crippen molar-refractivity contribution in [2.45, 2.75) is 40.2 Å². The summed E-state index contributed by atoms with van der Waals surface area (Å²) in [5.41, 5.74) is 1.01. The summed E-state index contributed by atoms with van der Waals surface area (Å²) in [7, 11) is 0. The quantitative estimate of drug-likeness (QED) is 0.671. The average Bonchev–Trinajstić information content (AvgIpc) is 2.29. The minimum absolute atomic E-state index is 0.640. The molecule has 1 rings (SSSR count). The minimum Gasteiger partial charge on any atom is -0.375 e. The lowest BCUT2D eigenvalue weighted by molar-refractivity contribution is 0.115. The van der Waals surface area contributed by atoms with Crippen LogP contribution in [0, 0.1) is 0 Å². The molecule has 1 aromatic rings. The summed E-state index contributed by atoms with van der Waals surface area (Å²) in [6, 6.07) is 5.87. The molecule has 0 fully saturated rings. The molecule has 0 N–H and O–H groups in total. The Hall–Kier alpha value is -0.890. The van der Waals surface area contributed by atoms with Crippen LogP contribution in [-0.4, -0.2) is 11.6 Å². The first-order valence-corrected chi connectivity index (χ1v) is 5.41. The van der Waals surface area contributed by atoms with E-state index in [0.717, 1.165) is 18.7 Å². The van der Waals surface area contributed by atoms with Crippen LogP contribution >= 0.6 is 0 Å². The Morgan fingerprint density at radius 3 is 2.64 bits per heavy atom. The predicted molar refractivity (Wildman–Crippen MR) is 60.1 cm³/mol. The van der Waals surface area contributed by atoms with E-state index < -0.39 is 0 Å². The summed E-state index contributed by atoms with van der Waals surface area (Å²) in [6.07, 6.45) is 4.10. The first-order chi connectivity index (χ1) is 6.93. The fourth-order valence-corrected chi connectivity index (χ4v) is 0.907. The van der Waals surface area contributed by atoms with Crippen molar-refractivity contribution < 1.29 is 4.74 Å². The molecule has 14 heavy (non-hydrogen) atoms. The summed E-state index contributed by atoms with van der Waals surface area (Å²) in [5.74, 6) is 0. The van der Waals surface area contributed by atoms with Crippen LogP contribution in [0.2, 0.25) is 0 Å². The topological polar surface area (TPSA) is 22.1 Å². The number of hydrogen-bond donors (Lipinski definition) is 0. The van der Waals surface area contributed by atoms with Crippen LogP contribution in [0.25, 0.3) is 0 Å². The zero-order valence-electron chi connectivity index (χ0n) is 9.49. The van der Waals surface area contributed by atoms with E-state index >= 15 is 0 Å². The second kappa shape index (κ2) is 10.2. The van der Waals surface area contributed by atoms with E-state index in [9.17, 15) is 0 Å². The average molecular weight is 195 g/mol. The summed E-state index contributed by atoms with van der Waals surface area (Å²) in [5, 5.41) is 0. The molecule has 0 bridgehead atoms. The third-order valence-corrected chi connectivity index (χ3v) is 1.62. The van der Waals surface area contributed by atoms with E-state index in [2.05, 4.69) is 11.9 Å². The van der Waals surface area contributed by atoms with E-state index in [1.807, 2.05) is 32.0 Å². The second-order valence-electron chi connectivity index (χ2n) is 2.73. The number of ether oxygens (including phenoxy) is 1. The molecule has 0 aliphatic carbocycles. The molecule has 2 heteroatoms. The van der Waals surface area contributed by atoms with Gasteiger partial charge in [-0.1, -0.05) is 33.3 Å². The largest absolute Gasteiger partial charge is 0.375 e. The molecule has 0 saturated carbocycles. The van der Waals surface area contributed by atoms with E-state index in [1.54, 1.807) is 6.20 Å². The Kier molecular flexibility index (Phi) is 9.54. The minimum atomic E-state index is 0.640. The fraction of sp³-hybridized carbons (Fsp3) is 0.583. The standard InChI is InChI=1S/C10H15NO.C2H6/c1-2-3-8-12-9-10-6-4-5-7-11-10;1-2/h4-7H,2-3,8-9H2,1H3;1-2H3. The van der Waals surface area contributed by atoms with Crippen molar-refractivity contribution in [1.82, 2.24) is 4.98 Å². The number of aromatic nitrogens is 1. The maximum absolute atomic E-state index is 5.40. The van der Waals surface area contributed by atoms with Gasteiger partial charge in [0.1, 0.15) is 0 Å². The van der Waals surface area contributed by atoms with Gasteiger partial charge in [-0.3, -0.25) is 4.98 Å². The lowest BCUT2D eigenvalue weighted by atomic mass is 10.3. The van der Waals surface area contributed by atoms with Crippen LogP contribution in [0.3, 0.4) is 0 Å². The van der Waals surface area contributed by atoms with Crippen molar-refractivity contribution in [2.75, 3.05) is 6.61 Å². The molecule has 0 amide bonds. The van der Waals surface area contributed by atoms with Crippen molar-refractivity contribution in [2.24, 2.45) is 0 Å². The SMILES string of the molecule is CC.CCCCOCc1ccccn1. The first-order valence-electron chi connectivity index (χ1n) is 5.41. The molecule has 80 valence electrons. The highest BCUT2D eigenvalue weighted by atomic mass is 16.5. The number of nitrogens with zero attached hydrogens (tertiary/aromatic N) is 1. The van der Waals surface area contributed by atoms with Gasteiger partial charge < -0.3 is 4.74 Å². The van der Waals surface area contributed by atoms with Crippen molar-refractivity contribution in [3.8, 4) is 0 Å². The van der Waals surface area contributed by atoms with Gasteiger partial charge in [0.25, 0.3) is 0 Å². The molecule has 2 nitrogen and oxygen atoms in total. The van der Waals surface area contributed by atoms with Crippen LogP contribution in [0.5, 0.6) is 0 Å². The van der Waals surface area contributed by atoms with Gasteiger partial charge in [-0.25, -0.2) is 0 Å². The van der Waals surface area contributed by atoms with Crippen molar-refractivity contribution in [3.63, 3.8) is 0 Å². The van der Waals surface area contributed by atoms with Crippen LogP contribution in [-0.2, 0) is 11.3 Å². The van der Waals surface area contributed by atoms with Gasteiger partial charge >= 0.3 is 0 Å². The van der Waals surface area contributed by atoms with Gasteiger partial charge in [0.2, 0.25) is 0 Å². The third-order valence-electron chi connectivity index (χ3n) is 1.62. The molecular formula is C12H21NO. The summed E-state index contributed by atoms with van der Waals surface area (Å²) >= 11 is 0. The molecule has 0 aromatic carbocycles. The molecule has 0 aliphatic rings. The van der Waals surface area contributed by atoms with Crippen LogP contribution < -0.4 is 0 Å². The predicted octanol–water partition coefficient (Wildman–Crippen LogP) is 3.42. The van der Waals surface area contributed by atoms with Gasteiger partial charge in [-0.05, 0) is 18.6 Å². The Morgan fingerprint density at radius 1 is 1.29 bits per heavy atom. The highest BCUT2D eigenvalue weighted by Gasteiger charge is 1.91. The Morgan fingerprint density at radius 2 is 2.07 bits per heavy atom. The number of hydrogen-bond acceptors (Lipinski definition) is 2. The van der Waals surface area contributed by atoms with E-state index in [0.29, 0.717) is 6.61 Å². The van der Waals surface area contributed by atoms with Crippen LogP contribution in [0.1, 0.15) is 39.3 Å². The molecule has 1 aromatic heterocycles. The van der Waals surface area contributed by atoms with E-state index in [-0.39, 0.29) is 0 Å². The van der Waals surface area contributed by atoms with Crippen molar-refractivity contribution in [3.05, 3.63) is 30.1 Å². The summed E-state index contributed by atoms with van der Waals surface area (Å²) in [4.78, 5) is 4.15. The number of pyridine rings is 1. The lowest BCUT2D eigenvalue weighted by Gasteiger charge is -2.01. The summed E-state index contributed by atoms with van der Waals surface area (Å²) < 4.78 is 5.40. The fourth-order valence-electron chi connectivity index (χ4n) is 0.907. The second-order valence-corrected chi connectivity index (χ2v) is 2.73. The third kappa shape index (κ3) is 6.61. The van der Waals surface area contributed by atoms with E-state index in [4.69, 9.17) is 4.74 Å². The smallest absolute Gasteiger partial charge is 0.0887 e. The van der Waals surface area contributed by atoms with Gasteiger partial charge in [0.05, 0.1) is 12.3 Å². The molecule has 0 saturated heterocycles. The molecule has 0 unspecified atom stereocenters. The molecule has 1 heterocycles. The lowest BCUT2D eigenvalue weighted by Crippen LogP contribution is -1.96. The zero-order chi connectivity index (χ0) is 10.6. The van der Waals surface area contributed by atoms with Gasteiger partial charge in [-0.15, -0.1) is 0 Å². The van der Waals surface area contributed by atoms with Gasteiger partial charge in [-0.2, -0.15) is 0 Å². The van der Waals surface area contributed by atoms with Gasteiger partial charge in [0.15, 0.2) is 0 Å². The van der Waals surface area contributed by atoms with Crippen LogP contribution in [0.4, 0.5) is 0 Å². The molecule has 0 atom stereocenters. The maximum atomic E-state index is 5.40. The van der Waals surface area contributed by atoms with Crippen molar-refractivity contribution in [1.29, 1.82) is 0 Å². The zero-order valence-corrected chi connectivity index (χ0v) is 9.49. The molecule has 0 spiro atoms. The Bertz CT molecular complexity index is 199. The van der Waals surface area contributed by atoms with Crippen molar-refractivity contribution >= 4 is 0 Å². The van der Waals surface area contributed by atoms with Crippen LogP contribution in [0.15, 0.2) is 24.4 Å². The normalized spacial score (nSPS) is 9.07. The first kappa shape index (κ1) is 13.1. The summed E-state index contributed by atoms with van der Waals surface area (Å²) in [6.45, 7) is 7.64. The Labute approximate surface area is 87.3 Å². The number of unbranched alkanes of at least 4 members (excludes halogenated alkanes) is 1. The maximum Gasteiger partial charge on any atom is 0.0887 e. The molecule has 0 radical (unpaired) electrons. The molecule has 0 aliphatic heterocycles. The number of rotatable bonds is 5. The highest BCUT2D eigenvalue weighted by molar-refractivity contribution is 5.01.